The maximum absolute atomic E-state index is 2.73. The van der Waals surface area contributed by atoms with Crippen LogP contribution in [0.4, 0.5) is 0 Å². The van der Waals surface area contributed by atoms with Crippen LogP contribution in [0.3, 0.4) is 0 Å². The van der Waals surface area contributed by atoms with Crippen molar-refractivity contribution in [3.8, 4) is 0 Å². The number of rotatable bonds is 2. The first-order valence-corrected chi connectivity index (χ1v) is 7.94. The fraction of sp³-hybridized carbons (Fsp3) is 0.875. The van der Waals surface area contributed by atoms with Gasteiger partial charge >= 0.3 is 0 Å². The van der Waals surface area contributed by atoms with Gasteiger partial charge in [0, 0.05) is 18.1 Å². The summed E-state index contributed by atoms with van der Waals surface area (Å²) in [6, 6.07) is 2.20. The van der Waals surface area contributed by atoms with Crippen LogP contribution in [0.2, 0.25) is 0 Å². The molecule has 0 amide bonds. The first kappa shape index (κ1) is 12.7. The lowest BCUT2D eigenvalue weighted by Gasteiger charge is -2.39. The van der Waals surface area contributed by atoms with Gasteiger partial charge in [-0.25, -0.2) is 0 Å². The Bertz CT molecular complexity index is 304. The summed E-state index contributed by atoms with van der Waals surface area (Å²) in [4.78, 5) is 5.42. The van der Waals surface area contributed by atoms with Crippen LogP contribution in [-0.4, -0.2) is 47.6 Å². The van der Waals surface area contributed by atoms with E-state index >= 15 is 0 Å². The van der Waals surface area contributed by atoms with Crippen LogP contribution >= 0.6 is 0 Å². The molecular formula is C16H28N2. The van der Waals surface area contributed by atoms with E-state index < -0.39 is 0 Å². The number of nitrogens with zero attached hydrogens (tertiary/aromatic N) is 2. The van der Waals surface area contributed by atoms with E-state index in [1.165, 1.54) is 51.7 Å². The van der Waals surface area contributed by atoms with Crippen LogP contribution in [0.15, 0.2) is 12.2 Å². The molecule has 0 N–H and O–H groups in total. The van der Waals surface area contributed by atoms with Crippen molar-refractivity contribution < 1.29 is 0 Å². The highest BCUT2D eigenvalue weighted by Gasteiger charge is 2.38. The van der Waals surface area contributed by atoms with E-state index in [9.17, 15) is 0 Å². The van der Waals surface area contributed by atoms with Crippen LogP contribution in [-0.2, 0) is 0 Å². The smallest absolute Gasteiger partial charge is 0.0310 e. The molecule has 0 aromatic rings. The van der Waals surface area contributed by atoms with Gasteiger partial charge in [-0.05, 0) is 65.1 Å². The van der Waals surface area contributed by atoms with Crippen molar-refractivity contribution in [2.75, 3.05) is 19.6 Å². The Morgan fingerprint density at radius 2 is 1.78 bits per heavy atom. The van der Waals surface area contributed by atoms with Gasteiger partial charge < -0.3 is 0 Å². The largest absolute Gasteiger partial charge is 0.297 e. The van der Waals surface area contributed by atoms with E-state index in [4.69, 9.17) is 0 Å². The second-order valence-electron chi connectivity index (χ2n) is 6.66. The molecule has 0 aromatic heterocycles. The van der Waals surface area contributed by atoms with Gasteiger partial charge in [0.2, 0.25) is 0 Å². The lowest BCUT2D eigenvalue weighted by Crippen LogP contribution is -2.44. The van der Waals surface area contributed by atoms with Crippen molar-refractivity contribution in [3.05, 3.63) is 12.2 Å². The first-order chi connectivity index (χ1) is 8.75. The molecule has 3 aliphatic rings. The van der Waals surface area contributed by atoms with Gasteiger partial charge in [0.1, 0.15) is 0 Å². The highest BCUT2D eigenvalue weighted by molar-refractivity contribution is 5.12. The summed E-state index contributed by atoms with van der Waals surface area (Å²) in [5.74, 6) is 0.921. The Hall–Kier alpha value is -0.340. The molecule has 18 heavy (non-hydrogen) atoms. The third kappa shape index (κ3) is 2.37. The highest BCUT2D eigenvalue weighted by Crippen LogP contribution is 2.35. The van der Waals surface area contributed by atoms with E-state index in [1.807, 2.05) is 0 Å². The molecule has 3 rings (SSSR count). The molecule has 2 fully saturated rings. The molecular weight excluding hydrogens is 220 g/mol. The molecule has 0 bridgehead atoms. The Morgan fingerprint density at radius 1 is 1.00 bits per heavy atom. The van der Waals surface area contributed by atoms with E-state index in [-0.39, 0.29) is 0 Å². The minimum Gasteiger partial charge on any atom is -0.297 e. The predicted octanol–water partition coefficient (Wildman–Crippen LogP) is 2.90. The van der Waals surface area contributed by atoms with Crippen LogP contribution in [0.25, 0.3) is 0 Å². The Morgan fingerprint density at radius 3 is 2.50 bits per heavy atom. The summed E-state index contributed by atoms with van der Waals surface area (Å²) in [6.07, 6.45) is 12.1. The van der Waals surface area contributed by atoms with Crippen molar-refractivity contribution in [2.45, 2.75) is 64.1 Å². The van der Waals surface area contributed by atoms with Crippen LogP contribution in [0.1, 0.15) is 46.0 Å². The van der Waals surface area contributed by atoms with Gasteiger partial charge in [-0.3, -0.25) is 9.80 Å². The van der Waals surface area contributed by atoms with E-state index in [2.05, 4.69) is 35.8 Å². The molecule has 2 heterocycles. The summed E-state index contributed by atoms with van der Waals surface area (Å²) < 4.78 is 0. The average Bonchev–Trinajstić information content (AvgIpc) is 2.82. The number of hydrogen-bond donors (Lipinski definition) is 0. The Kier molecular flexibility index (Phi) is 3.76. The van der Waals surface area contributed by atoms with Gasteiger partial charge in [-0.2, -0.15) is 0 Å². The molecule has 2 aliphatic heterocycles. The Balaban J connectivity index is 1.66. The van der Waals surface area contributed by atoms with E-state index in [0.29, 0.717) is 6.04 Å². The molecule has 2 saturated heterocycles. The molecule has 2 heteroatoms. The zero-order chi connectivity index (χ0) is 12.5. The SMILES string of the molecule is CC(C)N1CCC2CC(N3CCCCC3)C=CC21. The molecule has 0 radical (unpaired) electrons. The van der Waals surface area contributed by atoms with Crippen LogP contribution < -0.4 is 0 Å². The standard InChI is InChI=1S/C16H28N2/c1-13(2)18-11-8-14-12-15(6-7-16(14)18)17-9-4-3-5-10-17/h6-7,13-16H,3-5,8-12H2,1-2H3. The zero-order valence-corrected chi connectivity index (χ0v) is 12.0. The Labute approximate surface area is 112 Å². The predicted molar refractivity (Wildman–Crippen MR) is 76.7 cm³/mol. The normalized spacial score (nSPS) is 38.3. The van der Waals surface area contributed by atoms with Gasteiger partial charge in [-0.1, -0.05) is 18.6 Å². The fourth-order valence-corrected chi connectivity index (χ4v) is 4.18. The topological polar surface area (TPSA) is 6.48 Å². The molecule has 0 aromatic carbocycles. The highest BCUT2D eigenvalue weighted by atomic mass is 15.2. The summed E-state index contributed by atoms with van der Waals surface area (Å²) in [5.41, 5.74) is 0. The van der Waals surface area contributed by atoms with Gasteiger partial charge in [0.15, 0.2) is 0 Å². The molecule has 0 saturated carbocycles. The summed E-state index contributed by atoms with van der Waals surface area (Å²) in [7, 11) is 0. The van der Waals surface area contributed by atoms with Gasteiger partial charge in [-0.15, -0.1) is 0 Å². The lowest BCUT2D eigenvalue weighted by molar-refractivity contribution is 0.144. The van der Waals surface area contributed by atoms with Crippen LogP contribution in [0.5, 0.6) is 0 Å². The zero-order valence-electron chi connectivity index (χ0n) is 12.0. The van der Waals surface area contributed by atoms with Gasteiger partial charge in [0.25, 0.3) is 0 Å². The molecule has 102 valence electrons. The monoisotopic (exact) mass is 248 g/mol. The molecule has 0 spiro atoms. The maximum Gasteiger partial charge on any atom is 0.0310 e. The number of fused-ring (bicyclic) bond motifs is 1. The third-order valence-electron chi connectivity index (χ3n) is 5.22. The van der Waals surface area contributed by atoms with Crippen molar-refractivity contribution in [1.82, 2.24) is 9.80 Å². The van der Waals surface area contributed by atoms with Crippen molar-refractivity contribution >= 4 is 0 Å². The summed E-state index contributed by atoms with van der Waals surface area (Å²) >= 11 is 0. The minimum absolute atomic E-state index is 0.705. The molecule has 2 nitrogen and oxygen atoms in total. The molecule has 3 atom stereocenters. The number of piperidine rings is 1. The first-order valence-electron chi connectivity index (χ1n) is 7.94. The van der Waals surface area contributed by atoms with Crippen LogP contribution in [0, 0.1) is 5.92 Å². The number of likely N-dealkylation sites (tertiary alicyclic amines) is 2. The number of hydrogen-bond acceptors (Lipinski definition) is 2. The lowest BCUT2D eigenvalue weighted by atomic mass is 9.86. The molecule has 1 aliphatic carbocycles. The van der Waals surface area contributed by atoms with Crippen molar-refractivity contribution in [1.29, 1.82) is 0 Å². The average molecular weight is 248 g/mol. The van der Waals surface area contributed by atoms with Crippen molar-refractivity contribution in [3.63, 3.8) is 0 Å². The molecule has 3 unspecified atom stereocenters. The van der Waals surface area contributed by atoms with E-state index in [0.717, 1.165) is 18.0 Å². The van der Waals surface area contributed by atoms with E-state index in [1.54, 1.807) is 0 Å². The second kappa shape index (κ2) is 5.34. The minimum atomic E-state index is 0.705. The maximum atomic E-state index is 2.73. The van der Waals surface area contributed by atoms with Crippen molar-refractivity contribution in [2.24, 2.45) is 5.92 Å². The quantitative estimate of drug-likeness (QED) is 0.693. The second-order valence-corrected chi connectivity index (χ2v) is 6.66. The third-order valence-corrected chi connectivity index (χ3v) is 5.22. The fourth-order valence-electron chi connectivity index (χ4n) is 4.18. The summed E-state index contributed by atoms with van der Waals surface area (Å²) in [5, 5.41) is 0. The van der Waals surface area contributed by atoms with Gasteiger partial charge in [0.05, 0.1) is 0 Å². The summed E-state index contributed by atoms with van der Waals surface area (Å²) in [6.45, 7) is 8.66.